The van der Waals surface area contributed by atoms with Crippen molar-refractivity contribution in [2.75, 3.05) is 38.2 Å². The molecule has 18 heavy (non-hydrogen) atoms. The van der Waals surface area contributed by atoms with E-state index in [1.54, 1.807) is 7.05 Å². The lowest BCUT2D eigenvalue weighted by Gasteiger charge is -2.41. The summed E-state index contributed by atoms with van der Waals surface area (Å²) in [7, 11) is -1.31. The molecule has 2 heterocycles. The molecule has 104 valence electrons. The van der Waals surface area contributed by atoms with Crippen molar-refractivity contribution in [3.05, 3.63) is 0 Å². The molecule has 2 N–H and O–H groups in total. The Balaban J connectivity index is 2.11. The van der Waals surface area contributed by atoms with E-state index in [0.717, 1.165) is 19.5 Å². The highest BCUT2D eigenvalue weighted by Crippen LogP contribution is 2.20. The number of nitrogens with one attached hydrogen (secondary N) is 2. The molecule has 2 atom stereocenters. The number of nitrogens with zero attached hydrogens (tertiary/aromatic N) is 1. The maximum Gasteiger partial charge on any atom is 0.238 e. The molecule has 0 bridgehead atoms. The van der Waals surface area contributed by atoms with E-state index in [9.17, 15) is 13.2 Å². The molecule has 0 aromatic carbocycles. The highest BCUT2D eigenvalue weighted by atomic mass is 32.2. The zero-order chi connectivity index (χ0) is 13.2. The lowest BCUT2D eigenvalue weighted by Crippen LogP contribution is -2.62. The van der Waals surface area contributed by atoms with Crippen LogP contribution in [0.1, 0.15) is 12.8 Å². The van der Waals surface area contributed by atoms with Crippen LogP contribution in [0.4, 0.5) is 0 Å². The van der Waals surface area contributed by atoms with E-state index in [-0.39, 0.29) is 23.7 Å². The van der Waals surface area contributed by atoms with E-state index in [4.69, 9.17) is 0 Å². The first-order chi connectivity index (χ1) is 8.53. The van der Waals surface area contributed by atoms with Crippen molar-refractivity contribution in [3.63, 3.8) is 0 Å². The molecule has 2 aliphatic rings. The summed E-state index contributed by atoms with van der Waals surface area (Å²) in [5, 5.41) is 5.84. The van der Waals surface area contributed by atoms with Crippen molar-refractivity contribution >= 4 is 15.7 Å². The highest BCUT2D eigenvalue weighted by molar-refractivity contribution is 7.91. The van der Waals surface area contributed by atoms with Gasteiger partial charge in [-0.3, -0.25) is 9.69 Å². The van der Waals surface area contributed by atoms with Gasteiger partial charge in [-0.15, -0.1) is 0 Å². The Hall–Kier alpha value is -0.660. The van der Waals surface area contributed by atoms with Gasteiger partial charge in [0.25, 0.3) is 0 Å². The van der Waals surface area contributed by atoms with Crippen LogP contribution in [-0.2, 0) is 14.6 Å². The molecule has 0 saturated carbocycles. The standard InChI is InChI=1S/C11H21N3O3S/c1-12-11(15)10-7-13-4-5-14(10)9-3-2-6-18(16,17)8-9/h9-10,13H,2-8H2,1H3,(H,12,15). The normalized spacial score (nSPS) is 32.9. The van der Waals surface area contributed by atoms with Crippen LogP contribution in [0, 0.1) is 0 Å². The molecule has 2 fully saturated rings. The number of amides is 1. The minimum absolute atomic E-state index is 0.00634. The fourth-order valence-corrected chi connectivity index (χ4v) is 4.54. The van der Waals surface area contributed by atoms with Crippen LogP contribution in [0.2, 0.25) is 0 Å². The van der Waals surface area contributed by atoms with E-state index in [1.165, 1.54) is 0 Å². The van der Waals surface area contributed by atoms with E-state index >= 15 is 0 Å². The lowest BCUT2D eigenvalue weighted by molar-refractivity contribution is -0.127. The van der Waals surface area contributed by atoms with Crippen molar-refractivity contribution in [3.8, 4) is 0 Å². The number of piperazine rings is 1. The van der Waals surface area contributed by atoms with Crippen molar-refractivity contribution in [1.82, 2.24) is 15.5 Å². The molecule has 0 aromatic rings. The van der Waals surface area contributed by atoms with Gasteiger partial charge < -0.3 is 10.6 Å². The smallest absolute Gasteiger partial charge is 0.238 e. The van der Waals surface area contributed by atoms with Gasteiger partial charge in [0.15, 0.2) is 9.84 Å². The van der Waals surface area contributed by atoms with E-state index in [2.05, 4.69) is 15.5 Å². The first kappa shape index (κ1) is 13.8. The summed E-state index contributed by atoms with van der Waals surface area (Å²) in [6.45, 7) is 2.14. The molecule has 2 unspecified atom stereocenters. The van der Waals surface area contributed by atoms with Crippen LogP contribution >= 0.6 is 0 Å². The number of rotatable bonds is 2. The van der Waals surface area contributed by atoms with Gasteiger partial charge in [0, 0.05) is 32.7 Å². The Morgan fingerprint density at radius 3 is 2.89 bits per heavy atom. The second-order valence-corrected chi connectivity index (χ2v) is 7.21. The summed E-state index contributed by atoms with van der Waals surface area (Å²) in [6, 6.07) is -0.254. The lowest BCUT2D eigenvalue weighted by atomic mass is 10.1. The summed E-state index contributed by atoms with van der Waals surface area (Å²) < 4.78 is 23.4. The third-order valence-electron chi connectivity index (χ3n) is 3.74. The van der Waals surface area contributed by atoms with Crippen LogP contribution in [0.25, 0.3) is 0 Å². The van der Waals surface area contributed by atoms with Gasteiger partial charge in [0.05, 0.1) is 11.5 Å². The highest BCUT2D eigenvalue weighted by Gasteiger charge is 2.36. The Labute approximate surface area is 108 Å². The molecule has 6 nitrogen and oxygen atoms in total. The minimum Gasteiger partial charge on any atom is -0.358 e. The van der Waals surface area contributed by atoms with Crippen molar-refractivity contribution in [1.29, 1.82) is 0 Å². The molecule has 2 rings (SSSR count). The Morgan fingerprint density at radius 2 is 2.22 bits per heavy atom. The number of likely N-dealkylation sites (N-methyl/N-ethyl adjacent to an activating group) is 1. The zero-order valence-electron chi connectivity index (χ0n) is 10.7. The maximum atomic E-state index is 11.8. The number of carbonyl (C=O) groups excluding carboxylic acids is 1. The molecule has 0 radical (unpaired) electrons. The van der Waals surface area contributed by atoms with Gasteiger partial charge in [-0.1, -0.05) is 0 Å². The van der Waals surface area contributed by atoms with Gasteiger partial charge in [0.2, 0.25) is 5.91 Å². The molecular weight excluding hydrogens is 254 g/mol. The predicted octanol–water partition coefficient (Wildman–Crippen LogP) is -1.42. The fraction of sp³-hybridized carbons (Fsp3) is 0.909. The average molecular weight is 275 g/mol. The first-order valence-corrected chi connectivity index (χ1v) is 8.24. The second-order valence-electron chi connectivity index (χ2n) is 4.98. The summed E-state index contributed by atoms with van der Waals surface area (Å²) in [5.74, 6) is 0.450. The van der Waals surface area contributed by atoms with E-state index in [1.807, 2.05) is 0 Å². The average Bonchev–Trinajstić information content (AvgIpc) is 2.36. The molecule has 1 amide bonds. The van der Waals surface area contributed by atoms with Gasteiger partial charge in [-0.05, 0) is 12.8 Å². The molecule has 2 saturated heterocycles. The largest absolute Gasteiger partial charge is 0.358 e. The minimum atomic E-state index is -2.93. The third-order valence-corrected chi connectivity index (χ3v) is 5.55. The molecule has 2 aliphatic heterocycles. The van der Waals surface area contributed by atoms with Gasteiger partial charge in [0.1, 0.15) is 6.04 Å². The van der Waals surface area contributed by atoms with Gasteiger partial charge >= 0.3 is 0 Å². The summed E-state index contributed by atoms with van der Waals surface area (Å²) in [5.41, 5.74) is 0. The first-order valence-electron chi connectivity index (χ1n) is 6.42. The maximum absolute atomic E-state index is 11.8. The predicted molar refractivity (Wildman–Crippen MR) is 69.1 cm³/mol. The van der Waals surface area contributed by atoms with Gasteiger partial charge in [-0.2, -0.15) is 0 Å². The van der Waals surface area contributed by atoms with Crippen LogP contribution in [0.5, 0.6) is 0 Å². The van der Waals surface area contributed by atoms with Gasteiger partial charge in [-0.25, -0.2) is 8.42 Å². The summed E-state index contributed by atoms with van der Waals surface area (Å²) >= 11 is 0. The molecular formula is C11H21N3O3S. The number of carbonyl (C=O) groups is 1. The van der Waals surface area contributed by atoms with Crippen molar-refractivity contribution in [2.45, 2.75) is 24.9 Å². The molecule has 0 aliphatic carbocycles. The molecule has 0 aromatic heterocycles. The zero-order valence-corrected chi connectivity index (χ0v) is 11.5. The summed E-state index contributed by atoms with van der Waals surface area (Å²) in [4.78, 5) is 13.9. The number of hydrogen-bond acceptors (Lipinski definition) is 5. The van der Waals surface area contributed by atoms with E-state index in [0.29, 0.717) is 18.7 Å². The number of hydrogen-bond donors (Lipinski definition) is 2. The second kappa shape index (κ2) is 5.54. The topological polar surface area (TPSA) is 78.5 Å². The van der Waals surface area contributed by atoms with Crippen LogP contribution < -0.4 is 10.6 Å². The van der Waals surface area contributed by atoms with Crippen LogP contribution in [-0.4, -0.2) is 69.5 Å². The monoisotopic (exact) mass is 275 g/mol. The van der Waals surface area contributed by atoms with E-state index < -0.39 is 9.84 Å². The molecule has 0 spiro atoms. The Morgan fingerprint density at radius 1 is 1.44 bits per heavy atom. The number of sulfone groups is 1. The third kappa shape index (κ3) is 3.02. The fourth-order valence-electron chi connectivity index (χ4n) is 2.83. The SMILES string of the molecule is CNC(=O)C1CNCCN1C1CCCS(=O)(=O)C1. The van der Waals surface area contributed by atoms with Crippen LogP contribution in [0.3, 0.4) is 0 Å². The Kier molecular flexibility index (Phi) is 4.24. The van der Waals surface area contributed by atoms with Crippen molar-refractivity contribution in [2.24, 2.45) is 0 Å². The van der Waals surface area contributed by atoms with Crippen molar-refractivity contribution < 1.29 is 13.2 Å². The Bertz CT molecular complexity index is 410. The quantitative estimate of drug-likeness (QED) is 0.647. The van der Waals surface area contributed by atoms with Crippen LogP contribution in [0.15, 0.2) is 0 Å². The molecule has 7 heteroatoms. The summed E-state index contributed by atoms with van der Waals surface area (Å²) in [6.07, 6.45) is 1.57.